The number of carbonyl (C=O) groups is 2. The summed E-state index contributed by atoms with van der Waals surface area (Å²) >= 11 is 0. The highest BCUT2D eigenvalue weighted by molar-refractivity contribution is 6.06. The molecule has 0 saturated heterocycles. The molecule has 2 N–H and O–H groups in total. The summed E-state index contributed by atoms with van der Waals surface area (Å²) in [5, 5.41) is 5.70. The summed E-state index contributed by atoms with van der Waals surface area (Å²) in [6, 6.07) is 7.09. The van der Waals surface area contributed by atoms with Crippen molar-refractivity contribution in [3.8, 4) is 0 Å². The molecule has 7 heteroatoms. The normalized spacial score (nSPS) is 11.1. The SMILES string of the molecule is Cc1ccn(CCC(C)C)c(=O)c1C(=O)Nc1cccc(NC(=O)CN(C)C)c1C. The fourth-order valence-corrected chi connectivity index (χ4v) is 3.08. The molecule has 0 spiro atoms. The van der Waals surface area contributed by atoms with Crippen LogP contribution in [0, 0.1) is 19.8 Å². The number of hydrogen-bond acceptors (Lipinski definition) is 4. The number of anilines is 2. The fourth-order valence-electron chi connectivity index (χ4n) is 3.08. The Morgan fingerprint density at radius 2 is 1.70 bits per heavy atom. The first kappa shape index (κ1) is 23.3. The minimum atomic E-state index is -0.448. The maximum atomic E-state index is 13.0. The molecular formula is C23H32N4O3. The third-order valence-corrected chi connectivity index (χ3v) is 4.86. The fraction of sp³-hybridized carbons (Fsp3) is 0.435. The van der Waals surface area contributed by atoms with Gasteiger partial charge < -0.3 is 20.1 Å². The molecule has 162 valence electrons. The molecule has 0 fully saturated rings. The number of likely N-dealkylation sites (N-methyl/N-ethyl adjacent to an activating group) is 1. The lowest BCUT2D eigenvalue weighted by Crippen LogP contribution is -2.30. The van der Waals surface area contributed by atoms with Crippen molar-refractivity contribution in [1.29, 1.82) is 0 Å². The summed E-state index contributed by atoms with van der Waals surface area (Å²) in [5.41, 5.74) is 2.39. The number of aryl methyl sites for hydroxylation is 2. The van der Waals surface area contributed by atoms with Gasteiger partial charge in [0.25, 0.3) is 11.5 Å². The number of pyridine rings is 1. The molecule has 0 bridgehead atoms. The molecule has 2 amide bonds. The predicted octanol–water partition coefficient (Wildman–Crippen LogP) is 3.26. The number of nitrogens with one attached hydrogen (secondary N) is 2. The third-order valence-electron chi connectivity index (χ3n) is 4.86. The van der Waals surface area contributed by atoms with E-state index in [-0.39, 0.29) is 23.6 Å². The van der Waals surface area contributed by atoms with E-state index in [1.54, 1.807) is 46.9 Å². The average molecular weight is 413 g/mol. The Morgan fingerprint density at radius 3 is 2.30 bits per heavy atom. The first-order valence-corrected chi connectivity index (χ1v) is 10.2. The number of aromatic nitrogens is 1. The van der Waals surface area contributed by atoms with E-state index >= 15 is 0 Å². The second-order valence-electron chi connectivity index (χ2n) is 8.27. The van der Waals surface area contributed by atoms with E-state index in [4.69, 9.17) is 0 Å². The molecular weight excluding hydrogens is 380 g/mol. The first-order chi connectivity index (χ1) is 14.1. The van der Waals surface area contributed by atoms with Gasteiger partial charge in [0.1, 0.15) is 5.56 Å². The van der Waals surface area contributed by atoms with Crippen LogP contribution in [0.4, 0.5) is 11.4 Å². The van der Waals surface area contributed by atoms with Crippen molar-refractivity contribution in [2.75, 3.05) is 31.3 Å². The zero-order chi connectivity index (χ0) is 22.4. The van der Waals surface area contributed by atoms with Crippen molar-refractivity contribution < 1.29 is 9.59 Å². The lowest BCUT2D eigenvalue weighted by Gasteiger charge is -2.16. The van der Waals surface area contributed by atoms with Crippen LogP contribution in [0.3, 0.4) is 0 Å². The highest BCUT2D eigenvalue weighted by Crippen LogP contribution is 2.24. The van der Waals surface area contributed by atoms with Crippen LogP contribution in [-0.2, 0) is 11.3 Å². The van der Waals surface area contributed by atoms with Gasteiger partial charge in [0, 0.05) is 24.1 Å². The number of nitrogens with zero attached hydrogens (tertiary/aromatic N) is 2. The van der Waals surface area contributed by atoms with E-state index in [1.165, 1.54) is 0 Å². The van der Waals surface area contributed by atoms with Crippen LogP contribution >= 0.6 is 0 Å². The molecule has 0 aliphatic rings. The second kappa shape index (κ2) is 10.2. The van der Waals surface area contributed by atoms with E-state index < -0.39 is 5.91 Å². The number of carbonyl (C=O) groups excluding carboxylic acids is 2. The third kappa shape index (κ3) is 6.03. The van der Waals surface area contributed by atoms with E-state index in [2.05, 4.69) is 24.5 Å². The molecule has 0 saturated carbocycles. The Labute approximate surface area is 178 Å². The molecule has 2 aromatic rings. The lowest BCUT2D eigenvalue weighted by molar-refractivity contribution is -0.116. The predicted molar refractivity (Wildman–Crippen MR) is 121 cm³/mol. The lowest BCUT2D eigenvalue weighted by atomic mass is 10.1. The standard InChI is InChI=1S/C23H32N4O3/c1-15(2)10-12-27-13-11-16(3)21(23(27)30)22(29)25-19-9-7-8-18(17(19)4)24-20(28)14-26(5)6/h7-9,11,13,15H,10,12,14H2,1-6H3,(H,24,28)(H,25,29). The molecule has 0 unspecified atom stereocenters. The number of benzene rings is 1. The topological polar surface area (TPSA) is 83.4 Å². The van der Waals surface area contributed by atoms with E-state index in [1.807, 2.05) is 21.0 Å². The van der Waals surface area contributed by atoms with Gasteiger partial charge in [-0.3, -0.25) is 14.4 Å². The minimum absolute atomic E-state index is 0.140. The van der Waals surface area contributed by atoms with Crippen molar-refractivity contribution in [3.63, 3.8) is 0 Å². The van der Waals surface area contributed by atoms with Gasteiger partial charge in [-0.15, -0.1) is 0 Å². The molecule has 0 radical (unpaired) electrons. The minimum Gasteiger partial charge on any atom is -0.325 e. The van der Waals surface area contributed by atoms with Crippen LogP contribution < -0.4 is 16.2 Å². The van der Waals surface area contributed by atoms with Crippen molar-refractivity contribution in [3.05, 3.63) is 57.5 Å². The van der Waals surface area contributed by atoms with Crippen LogP contribution in [-0.4, -0.2) is 41.9 Å². The Kier molecular flexibility index (Phi) is 7.94. The summed E-state index contributed by atoms with van der Waals surface area (Å²) in [5.74, 6) is -0.127. The Bertz CT molecular complexity index is 977. The van der Waals surface area contributed by atoms with Crippen molar-refractivity contribution in [1.82, 2.24) is 9.47 Å². The molecule has 2 rings (SSSR count). The van der Waals surface area contributed by atoms with Crippen LogP contribution in [0.25, 0.3) is 0 Å². The molecule has 1 aromatic heterocycles. The van der Waals surface area contributed by atoms with Crippen molar-refractivity contribution >= 4 is 23.2 Å². The average Bonchev–Trinajstić information content (AvgIpc) is 2.63. The number of rotatable bonds is 8. The van der Waals surface area contributed by atoms with E-state index in [0.29, 0.717) is 29.4 Å². The molecule has 0 aliphatic carbocycles. The van der Waals surface area contributed by atoms with E-state index in [0.717, 1.165) is 12.0 Å². The van der Waals surface area contributed by atoms with Gasteiger partial charge in [-0.05, 0) is 69.6 Å². The Balaban J connectivity index is 2.26. The van der Waals surface area contributed by atoms with Gasteiger partial charge in [0.2, 0.25) is 5.91 Å². The summed E-state index contributed by atoms with van der Waals surface area (Å²) in [7, 11) is 3.64. The Morgan fingerprint density at radius 1 is 1.07 bits per heavy atom. The molecule has 1 heterocycles. The zero-order valence-corrected chi connectivity index (χ0v) is 18.7. The van der Waals surface area contributed by atoms with Gasteiger partial charge in [-0.1, -0.05) is 19.9 Å². The van der Waals surface area contributed by atoms with Gasteiger partial charge in [-0.2, -0.15) is 0 Å². The van der Waals surface area contributed by atoms with Crippen LogP contribution in [0.5, 0.6) is 0 Å². The van der Waals surface area contributed by atoms with Crippen LogP contribution in [0.1, 0.15) is 41.8 Å². The maximum absolute atomic E-state index is 13.0. The zero-order valence-electron chi connectivity index (χ0n) is 18.7. The quantitative estimate of drug-likeness (QED) is 0.697. The summed E-state index contributed by atoms with van der Waals surface area (Å²) < 4.78 is 1.59. The van der Waals surface area contributed by atoms with Gasteiger partial charge in [0.05, 0.1) is 6.54 Å². The molecule has 30 heavy (non-hydrogen) atoms. The second-order valence-corrected chi connectivity index (χ2v) is 8.27. The summed E-state index contributed by atoms with van der Waals surface area (Å²) in [6.07, 6.45) is 2.60. The van der Waals surface area contributed by atoms with Crippen molar-refractivity contribution in [2.45, 2.75) is 40.7 Å². The van der Waals surface area contributed by atoms with Crippen LogP contribution in [0.15, 0.2) is 35.3 Å². The summed E-state index contributed by atoms with van der Waals surface area (Å²) in [6.45, 7) is 8.60. The molecule has 1 aromatic carbocycles. The molecule has 7 nitrogen and oxygen atoms in total. The number of amides is 2. The van der Waals surface area contributed by atoms with Gasteiger partial charge in [-0.25, -0.2) is 0 Å². The highest BCUT2D eigenvalue weighted by Gasteiger charge is 2.18. The number of hydrogen-bond donors (Lipinski definition) is 2. The largest absolute Gasteiger partial charge is 0.325 e. The molecule has 0 aliphatic heterocycles. The Hall–Kier alpha value is -2.93. The first-order valence-electron chi connectivity index (χ1n) is 10.2. The maximum Gasteiger partial charge on any atom is 0.263 e. The summed E-state index contributed by atoms with van der Waals surface area (Å²) in [4.78, 5) is 39.7. The van der Waals surface area contributed by atoms with Gasteiger partial charge >= 0.3 is 0 Å². The monoisotopic (exact) mass is 412 g/mol. The van der Waals surface area contributed by atoms with E-state index in [9.17, 15) is 14.4 Å². The highest BCUT2D eigenvalue weighted by atomic mass is 16.2. The van der Waals surface area contributed by atoms with Crippen LogP contribution in [0.2, 0.25) is 0 Å². The smallest absolute Gasteiger partial charge is 0.263 e. The van der Waals surface area contributed by atoms with Gasteiger partial charge in [0.15, 0.2) is 0 Å². The molecule has 0 atom stereocenters. The van der Waals surface area contributed by atoms with Crippen molar-refractivity contribution in [2.24, 2.45) is 5.92 Å².